The first kappa shape index (κ1) is 17.3. The Kier molecular flexibility index (Phi) is 4.69. The van der Waals surface area contributed by atoms with Crippen LogP contribution in [0.3, 0.4) is 0 Å². The van der Waals surface area contributed by atoms with Crippen LogP contribution >= 0.6 is 0 Å². The number of amides is 1. The van der Waals surface area contributed by atoms with E-state index in [4.69, 9.17) is 0 Å². The molecule has 132 valence electrons. The smallest absolute Gasteiger partial charge is 0.261 e. The predicted octanol–water partition coefficient (Wildman–Crippen LogP) is 0.286. The Balaban J connectivity index is 1.63. The van der Waals surface area contributed by atoms with Gasteiger partial charge in [-0.15, -0.1) is 0 Å². The first-order valence-corrected chi connectivity index (χ1v) is 9.14. The van der Waals surface area contributed by atoms with Gasteiger partial charge in [-0.2, -0.15) is 9.41 Å². The van der Waals surface area contributed by atoms with Gasteiger partial charge in [-0.3, -0.25) is 9.80 Å². The van der Waals surface area contributed by atoms with Crippen molar-refractivity contribution in [3.63, 3.8) is 0 Å². The highest BCUT2D eigenvalue weighted by Gasteiger charge is 2.38. The molecule has 9 heteroatoms. The molecule has 25 heavy (non-hydrogen) atoms. The molecule has 8 nitrogen and oxygen atoms in total. The summed E-state index contributed by atoms with van der Waals surface area (Å²) in [5.74, 6) is -0.0965. The molecular weight excluding hydrogens is 342 g/mol. The van der Waals surface area contributed by atoms with Crippen molar-refractivity contribution in [3.05, 3.63) is 48.3 Å². The van der Waals surface area contributed by atoms with Crippen LogP contribution in [-0.4, -0.2) is 73.0 Å². The number of rotatable bonds is 6. The minimum absolute atomic E-state index is 0.0442. The average molecular weight is 361 g/mol. The van der Waals surface area contributed by atoms with Crippen LogP contribution in [0.4, 0.5) is 0 Å². The van der Waals surface area contributed by atoms with E-state index in [-0.39, 0.29) is 17.5 Å². The van der Waals surface area contributed by atoms with Gasteiger partial charge < -0.3 is 4.90 Å². The SMILES string of the molecule is C=CN(CC(=O)N1CC2=C(C1)CN(S(=O)(=O)c1ccccn1)C2)N=C. The molecule has 0 bridgehead atoms. The number of nitrogens with zero attached hydrogens (tertiary/aromatic N) is 5. The summed E-state index contributed by atoms with van der Waals surface area (Å²) in [7, 11) is -3.61. The molecule has 1 aromatic heterocycles. The van der Waals surface area contributed by atoms with Crippen molar-refractivity contribution in [2.24, 2.45) is 5.10 Å². The van der Waals surface area contributed by atoms with E-state index in [1.54, 1.807) is 17.0 Å². The normalized spacial score (nSPS) is 17.5. The lowest BCUT2D eigenvalue weighted by Gasteiger charge is -2.23. The van der Waals surface area contributed by atoms with Crippen molar-refractivity contribution in [3.8, 4) is 0 Å². The third-order valence-corrected chi connectivity index (χ3v) is 5.99. The Morgan fingerprint density at radius 2 is 1.96 bits per heavy atom. The average Bonchev–Trinajstić information content (AvgIpc) is 3.19. The molecule has 3 heterocycles. The molecule has 0 unspecified atom stereocenters. The number of carbonyl (C=O) groups is 1. The van der Waals surface area contributed by atoms with Crippen LogP contribution in [0, 0.1) is 0 Å². The summed E-state index contributed by atoms with van der Waals surface area (Å²) < 4.78 is 26.7. The summed E-state index contributed by atoms with van der Waals surface area (Å²) >= 11 is 0. The molecule has 1 amide bonds. The maximum absolute atomic E-state index is 12.6. The minimum Gasteiger partial charge on any atom is -0.333 e. The molecule has 2 aliphatic heterocycles. The van der Waals surface area contributed by atoms with Crippen molar-refractivity contribution >= 4 is 22.6 Å². The molecule has 0 aromatic carbocycles. The van der Waals surface area contributed by atoms with E-state index in [0.29, 0.717) is 26.2 Å². The third-order valence-electron chi connectivity index (χ3n) is 4.28. The molecular formula is C16H19N5O3S. The van der Waals surface area contributed by atoms with Crippen LogP contribution in [0.5, 0.6) is 0 Å². The van der Waals surface area contributed by atoms with E-state index in [0.717, 1.165) is 11.1 Å². The molecule has 3 rings (SSSR count). The fourth-order valence-corrected chi connectivity index (χ4v) is 4.30. The minimum atomic E-state index is -3.61. The van der Waals surface area contributed by atoms with Crippen molar-refractivity contribution in [1.29, 1.82) is 0 Å². The number of sulfonamides is 1. The van der Waals surface area contributed by atoms with Crippen LogP contribution < -0.4 is 0 Å². The fourth-order valence-electron chi connectivity index (χ4n) is 2.93. The molecule has 0 saturated heterocycles. The quantitative estimate of drug-likeness (QED) is 0.413. The highest BCUT2D eigenvalue weighted by atomic mass is 32.2. The van der Waals surface area contributed by atoms with Crippen LogP contribution in [0.1, 0.15) is 0 Å². The summed E-state index contributed by atoms with van der Waals surface area (Å²) in [4.78, 5) is 17.9. The summed E-state index contributed by atoms with van der Waals surface area (Å²) in [6.45, 7) is 8.48. The first-order valence-electron chi connectivity index (χ1n) is 7.70. The van der Waals surface area contributed by atoms with E-state index in [9.17, 15) is 13.2 Å². The number of aromatic nitrogens is 1. The lowest BCUT2D eigenvalue weighted by atomic mass is 10.2. The number of carbonyl (C=O) groups excluding carboxylic acids is 1. The molecule has 0 atom stereocenters. The second kappa shape index (κ2) is 6.77. The van der Waals surface area contributed by atoms with Crippen molar-refractivity contribution < 1.29 is 13.2 Å². The Bertz CT molecular complexity index is 809. The van der Waals surface area contributed by atoms with Gasteiger partial charge in [0.15, 0.2) is 5.03 Å². The zero-order valence-electron chi connectivity index (χ0n) is 13.7. The summed E-state index contributed by atoms with van der Waals surface area (Å²) in [5.41, 5.74) is 1.95. The summed E-state index contributed by atoms with van der Waals surface area (Å²) in [6, 6.07) is 4.81. The Hall–Kier alpha value is -2.52. The van der Waals surface area contributed by atoms with Gasteiger partial charge in [0, 0.05) is 45.3 Å². The molecule has 0 aliphatic carbocycles. The van der Waals surface area contributed by atoms with E-state index < -0.39 is 10.0 Å². The highest BCUT2D eigenvalue weighted by Crippen LogP contribution is 2.29. The summed E-state index contributed by atoms with van der Waals surface area (Å²) in [5, 5.41) is 5.09. The Morgan fingerprint density at radius 3 is 2.48 bits per heavy atom. The lowest BCUT2D eigenvalue weighted by Crippen LogP contribution is -2.39. The van der Waals surface area contributed by atoms with Crippen molar-refractivity contribution in [1.82, 2.24) is 19.2 Å². The van der Waals surface area contributed by atoms with Crippen molar-refractivity contribution in [2.75, 3.05) is 32.7 Å². The lowest BCUT2D eigenvalue weighted by molar-refractivity contribution is -0.130. The molecule has 2 aliphatic rings. The van der Waals surface area contributed by atoms with Gasteiger partial charge in [-0.1, -0.05) is 12.6 Å². The third kappa shape index (κ3) is 3.33. The fraction of sp³-hybridized carbons (Fsp3) is 0.312. The van der Waals surface area contributed by atoms with Gasteiger partial charge in [0.2, 0.25) is 5.91 Å². The second-order valence-corrected chi connectivity index (χ2v) is 7.70. The zero-order valence-corrected chi connectivity index (χ0v) is 14.5. The number of pyridine rings is 1. The monoisotopic (exact) mass is 361 g/mol. The van der Waals surface area contributed by atoms with E-state index in [1.165, 1.54) is 27.8 Å². The maximum atomic E-state index is 12.6. The molecule has 0 saturated carbocycles. The topological polar surface area (TPSA) is 86.2 Å². The number of hydrazone groups is 1. The van der Waals surface area contributed by atoms with E-state index in [2.05, 4.69) is 23.4 Å². The maximum Gasteiger partial charge on any atom is 0.261 e. The van der Waals surface area contributed by atoms with Gasteiger partial charge in [-0.05, 0) is 23.3 Å². The van der Waals surface area contributed by atoms with Crippen LogP contribution in [0.25, 0.3) is 0 Å². The van der Waals surface area contributed by atoms with Gasteiger partial charge in [0.05, 0.1) is 0 Å². The van der Waals surface area contributed by atoms with Gasteiger partial charge in [0.25, 0.3) is 10.0 Å². The number of hydrogen-bond donors (Lipinski definition) is 0. The van der Waals surface area contributed by atoms with Gasteiger partial charge >= 0.3 is 0 Å². The van der Waals surface area contributed by atoms with Crippen LogP contribution in [0.2, 0.25) is 0 Å². The predicted molar refractivity (Wildman–Crippen MR) is 93.1 cm³/mol. The molecule has 1 aromatic rings. The largest absolute Gasteiger partial charge is 0.333 e. The summed E-state index contributed by atoms with van der Waals surface area (Å²) in [6.07, 6.45) is 2.90. The van der Waals surface area contributed by atoms with Gasteiger partial charge in [-0.25, -0.2) is 13.4 Å². The first-order chi connectivity index (χ1) is 12.0. The highest BCUT2D eigenvalue weighted by molar-refractivity contribution is 7.89. The Morgan fingerprint density at radius 1 is 1.28 bits per heavy atom. The molecule has 0 radical (unpaired) electrons. The molecule has 0 fully saturated rings. The van der Waals surface area contributed by atoms with Crippen molar-refractivity contribution in [2.45, 2.75) is 5.03 Å². The molecule has 0 spiro atoms. The number of hydrogen-bond acceptors (Lipinski definition) is 6. The van der Waals surface area contributed by atoms with Gasteiger partial charge in [0.1, 0.15) is 6.54 Å². The van der Waals surface area contributed by atoms with Crippen LogP contribution in [0.15, 0.2) is 58.4 Å². The van der Waals surface area contributed by atoms with Crippen LogP contribution in [-0.2, 0) is 14.8 Å². The second-order valence-electron chi connectivity index (χ2n) is 5.82. The van der Waals surface area contributed by atoms with E-state index >= 15 is 0 Å². The zero-order chi connectivity index (χ0) is 18.0. The standard InChI is InChI=1S/C16H19N5O3S/c1-3-20(17-2)12-16(22)19-8-13-10-21(11-14(13)9-19)25(23,24)15-6-4-5-7-18-15/h3-7H,1-2,8-12H2. The Labute approximate surface area is 146 Å². The van der Waals surface area contributed by atoms with E-state index in [1.807, 2.05) is 0 Å². The molecule has 0 N–H and O–H groups in total.